The fourth-order valence-electron chi connectivity index (χ4n) is 2.01. The summed E-state index contributed by atoms with van der Waals surface area (Å²) in [6, 6.07) is 15.0. The fourth-order valence-corrected chi connectivity index (χ4v) is 3.58. The normalized spacial score (nSPS) is 11.3. The molecule has 1 heterocycles. The molecule has 0 saturated carbocycles. The van der Waals surface area contributed by atoms with Crippen LogP contribution in [-0.4, -0.2) is 18.2 Å². The number of rotatable bonds is 4. The van der Waals surface area contributed by atoms with Crippen LogP contribution in [-0.2, 0) is 10.0 Å². The van der Waals surface area contributed by atoms with E-state index in [4.69, 9.17) is 11.6 Å². The Labute approximate surface area is 133 Å². The molecule has 0 fully saturated rings. The molecule has 0 radical (unpaired) electrons. The number of hydrogen-bond acceptors (Lipinski definition) is 3. The van der Waals surface area contributed by atoms with Crippen LogP contribution in [0.3, 0.4) is 0 Å². The van der Waals surface area contributed by atoms with E-state index in [-0.39, 0.29) is 9.92 Å². The first-order chi connectivity index (χ1) is 10.6. The fraction of sp³-hybridized carbons (Fsp3) is 0. The molecule has 0 aliphatic carbocycles. The summed E-state index contributed by atoms with van der Waals surface area (Å²) in [5.41, 5.74) is 1.19. The summed E-state index contributed by atoms with van der Waals surface area (Å²) in [5, 5.41) is 4.29. The van der Waals surface area contributed by atoms with E-state index < -0.39 is 10.0 Å². The highest BCUT2D eigenvalue weighted by Crippen LogP contribution is 2.24. The van der Waals surface area contributed by atoms with Gasteiger partial charge >= 0.3 is 0 Å². The average molecular weight is 334 g/mol. The number of benzene rings is 2. The topological polar surface area (TPSA) is 64.0 Å². The second kappa shape index (κ2) is 5.82. The molecular formula is C15H12ClN3O2S. The van der Waals surface area contributed by atoms with Gasteiger partial charge in [-0.2, -0.15) is 5.10 Å². The lowest BCUT2D eigenvalue weighted by Crippen LogP contribution is -2.13. The number of nitrogens with zero attached hydrogens (tertiary/aromatic N) is 2. The van der Waals surface area contributed by atoms with E-state index in [0.29, 0.717) is 5.69 Å². The Morgan fingerprint density at radius 3 is 2.59 bits per heavy atom. The SMILES string of the molecule is O=S(=O)(Nc1cccc(-n2cccn2)c1)c1ccccc1Cl. The molecule has 2 aromatic carbocycles. The summed E-state index contributed by atoms with van der Waals surface area (Å²) in [6.45, 7) is 0. The van der Waals surface area contributed by atoms with Gasteiger partial charge < -0.3 is 0 Å². The van der Waals surface area contributed by atoms with Gasteiger partial charge in [0.15, 0.2) is 0 Å². The van der Waals surface area contributed by atoms with Gasteiger partial charge in [-0.05, 0) is 36.4 Å². The van der Waals surface area contributed by atoms with E-state index in [0.717, 1.165) is 5.69 Å². The monoisotopic (exact) mass is 333 g/mol. The summed E-state index contributed by atoms with van der Waals surface area (Å²) < 4.78 is 29.0. The van der Waals surface area contributed by atoms with Gasteiger partial charge in [0, 0.05) is 12.4 Å². The van der Waals surface area contributed by atoms with Crippen LogP contribution in [0.15, 0.2) is 71.9 Å². The maximum atomic E-state index is 12.4. The summed E-state index contributed by atoms with van der Waals surface area (Å²) in [5.74, 6) is 0. The van der Waals surface area contributed by atoms with E-state index >= 15 is 0 Å². The molecule has 5 nitrogen and oxygen atoms in total. The first kappa shape index (κ1) is 14.6. The van der Waals surface area contributed by atoms with Gasteiger partial charge in [0.05, 0.1) is 16.4 Å². The van der Waals surface area contributed by atoms with Crippen molar-refractivity contribution in [3.05, 3.63) is 72.0 Å². The lowest BCUT2D eigenvalue weighted by molar-refractivity contribution is 0.601. The minimum atomic E-state index is -3.74. The average Bonchev–Trinajstić information content (AvgIpc) is 3.01. The van der Waals surface area contributed by atoms with Crippen molar-refractivity contribution in [1.29, 1.82) is 0 Å². The van der Waals surface area contributed by atoms with E-state index in [1.54, 1.807) is 53.5 Å². The van der Waals surface area contributed by atoms with Crippen LogP contribution in [0.25, 0.3) is 5.69 Å². The van der Waals surface area contributed by atoms with Crippen LogP contribution in [0.2, 0.25) is 5.02 Å². The number of halogens is 1. The van der Waals surface area contributed by atoms with Gasteiger partial charge in [-0.1, -0.05) is 29.8 Å². The molecular weight excluding hydrogens is 322 g/mol. The molecule has 112 valence electrons. The molecule has 0 atom stereocenters. The number of anilines is 1. The lowest BCUT2D eigenvalue weighted by atomic mass is 10.3. The second-order valence-electron chi connectivity index (χ2n) is 4.54. The third-order valence-electron chi connectivity index (χ3n) is 2.99. The zero-order valence-electron chi connectivity index (χ0n) is 11.3. The van der Waals surface area contributed by atoms with Crippen molar-refractivity contribution in [2.75, 3.05) is 4.72 Å². The zero-order valence-corrected chi connectivity index (χ0v) is 12.9. The molecule has 0 amide bonds. The lowest BCUT2D eigenvalue weighted by Gasteiger charge is -2.10. The summed E-state index contributed by atoms with van der Waals surface area (Å²) in [7, 11) is -3.74. The molecule has 3 aromatic rings. The van der Waals surface area contributed by atoms with E-state index in [9.17, 15) is 8.42 Å². The van der Waals surface area contributed by atoms with Crippen LogP contribution >= 0.6 is 11.6 Å². The Balaban J connectivity index is 1.93. The predicted octanol–water partition coefficient (Wildman–Crippen LogP) is 3.33. The van der Waals surface area contributed by atoms with Crippen molar-refractivity contribution in [3.8, 4) is 5.69 Å². The van der Waals surface area contributed by atoms with Crippen molar-refractivity contribution in [2.24, 2.45) is 0 Å². The van der Waals surface area contributed by atoms with Crippen molar-refractivity contribution in [2.45, 2.75) is 4.90 Å². The van der Waals surface area contributed by atoms with E-state index in [1.807, 2.05) is 6.07 Å². The first-order valence-corrected chi connectivity index (χ1v) is 8.30. The molecule has 0 unspecified atom stereocenters. The van der Waals surface area contributed by atoms with Crippen molar-refractivity contribution < 1.29 is 8.42 Å². The van der Waals surface area contributed by atoms with E-state index in [2.05, 4.69) is 9.82 Å². The Morgan fingerprint density at radius 1 is 1.05 bits per heavy atom. The Hall–Kier alpha value is -2.31. The molecule has 0 aliphatic rings. The minimum Gasteiger partial charge on any atom is -0.280 e. The predicted molar refractivity (Wildman–Crippen MR) is 85.8 cm³/mol. The third kappa shape index (κ3) is 2.98. The number of aromatic nitrogens is 2. The molecule has 0 bridgehead atoms. The van der Waals surface area contributed by atoms with Crippen molar-refractivity contribution in [1.82, 2.24) is 9.78 Å². The van der Waals surface area contributed by atoms with Crippen LogP contribution in [0.4, 0.5) is 5.69 Å². The quantitative estimate of drug-likeness (QED) is 0.796. The summed E-state index contributed by atoms with van der Waals surface area (Å²) >= 11 is 5.95. The molecule has 1 N–H and O–H groups in total. The van der Waals surface area contributed by atoms with Gasteiger partial charge in [0.1, 0.15) is 4.90 Å². The highest BCUT2D eigenvalue weighted by Gasteiger charge is 2.17. The van der Waals surface area contributed by atoms with Crippen molar-refractivity contribution >= 4 is 27.3 Å². The maximum Gasteiger partial charge on any atom is 0.263 e. The van der Waals surface area contributed by atoms with Gasteiger partial charge in [-0.15, -0.1) is 0 Å². The van der Waals surface area contributed by atoms with Crippen LogP contribution in [0.5, 0.6) is 0 Å². The van der Waals surface area contributed by atoms with Crippen LogP contribution in [0.1, 0.15) is 0 Å². The molecule has 0 spiro atoms. The third-order valence-corrected chi connectivity index (χ3v) is 4.87. The highest BCUT2D eigenvalue weighted by molar-refractivity contribution is 7.92. The smallest absolute Gasteiger partial charge is 0.263 e. The maximum absolute atomic E-state index is 12.4. The van der Waals surface area contributed by atoms with Crippen LogP contribution in [0, 0.1) is 0 Å². The molecule has 0 aliphatic heterocycles. The summed E-state index contributed by atoms with van der Waals surface area (Å²) in [6.07, 6.45) is 3.43. The van der Waals surface area contributed by atoms with Crippen molar-refractivity contribution in [3.63, 3.8) is 0 Å². The number of sulfonamides is 1. The largest absolute Gasteiger partial charge is 0.280 e. The summed E-state index contributed by atoms with van der Waals surface area (Å²) in [4.78, 5) is 0.0427. The Bertz CT molecular complexity index is 893. The van der Waals surface area contributed by atoms with Crippen LogP contribution < -0.4 is 4.72 Å². The Kier molecular flexibility index (Phi) is 3.87. The molecule has 22 heavy (non-hydrogen) atoms. The Morgan fingerprint density at radius 2 is 1.86 bits per heavy atom. The van der Waals surface area contributed by atoms with E-state index in [1.165, 1.54) is 12.1 Å². The molecule has 7 heteroatoms. The van der Waals surface area contributed by atoms with Gasteiger partial charge in [-0.25, -0.2) is 13.1 Å². The van der Waals surface area contributed by atoms with Gasteiger partial charge in [-0.3, -0.25) is 4.72 Å². The molecule has 3 rings (SSSR count). The standard InChI is InChI=1S/C15H12ClN3O2S/c16-14-7-1-2-8-15(14)22(20,21)18-12-5-3-6-13(11-12)19-10-4-9-17-19/h1-11,18H. The second-order valence-corrected chi connectivity index (χ2v) is 6.59. The first-order valence-electron chi connectivity index (χ1n) is 6.44. The van der Waals surface area contributed by atoms with Gasteiger partial charge in [0.25, 0.3) is 10.0 Å². The number of nitrogens with one attached hydrogen (secondary N) is 1. The zero-order chi connectivity index (χ0) is 15.6. The number of hydrogen-bond donors (Lipinski definition) is 1. The molecule has 0 saturated heterocycles. The van der Waals surface area contributed by atoms with Gasteiger partial charge in [0.2, 0.25) is 0 Å². The minimum absolute atomic E-state index is 0.0427. The molecule has 1 aromatic heterocycles. The highest BCUT2D eigenvalue weighted by atomic mass is 35.5.